The van der Waals surface area contributed by atoms with Crippen molar-refractivity contribution < 1.29 is 5.11 Å². The number of aliphatic hydroxyl groups excluding tert-OH is 1. The van der Waals surface area contributed by atoms with Crippen molar-refractivity contribution in [3.05, 3.63) is 0 Å². The highest BCUT2D eigenvalue weighted by Crippen LogP contribution is 2.17. The molecule has 0 spiro atoms. The van der Waals surface area contributed by atoms with Crippen molar-refractivity contribution in [2.24, 2.45) is 5.92 Å². The van der Waals surface area contributed by atoms with Gasteiger partial charge in [-0.2, -0.15) is 0 Å². The molecule has 0 aromatic heterocycles. The van der Waals surface area contributed by atoms with Gasteiger partial charge in [-0.15, -0.1) is 0 Å². The lowest BCUT2D eigenvalue weighted by Crippen LogP contribution is -2.38. The molecule has 2 atom stereocenters. The topological polar surface area (TPSA) is 32.3 Å². The van der Waals surface area contributed by atoms with Crippen molar-refractivity contribution in [3.63, 3.8) is 0 Å². The molecule has 0 bridgehead atoms. The smallest absolute Gasteiger partial charge is 0.0584 e. The van der Waals surface area contributed by atoms with Crippen molar-refractivity contribution in [2.45, 2.75) is 65.5 Å². The van der Waals surface area contributed by atoms with E-state index in [1.807, 2.05) is 0 Å². The second kappa shape index (κ2) is 8.25. The first-order valence-electron chi connectivity index (χ1n) is 6.00. The molecule has 0 fully saturated rings. The van der Waals surface area contributed by atoms with Gasteiger partial charge >= 0.3 is 0 Å². The first-order chi connectivity index (χ1) is 6.63. The first-order valence-corrected chi connectivity index (χ1v) is 6.00. The van der Waals surface area contributed by atoms with Crippen LogP contribution in [0.15, 0.2) is 0 Å². The Hall–Kier alpha value is -0.0800. The van der Waals surface area contributed by atoms with Gasteiger partial charge in [0.15, 0.2) is 0 Å². The molecule has 0 saturated heterocycles. The maximum Gasteiger partial charge on any atom is 0.0584 e. The van der Waals surface area contributed by atoms with Crippen LogP contribution >= 0.6 is 0 Å². The minimum atomic E-state index is 0.262. The van der Waals surface area contributed by atoms with Crippen LogP contribution in [0.25, 0.3) is 0 Å². The summed E-state index contributed by atoms with van der Waals surface area (Å²) in [5.74, 6) is 0.767. The zero-order valence-corrected chi connectivity index (χ0v) is 10.2. The summed E-state index contributed by atoms with van der Waals surface area (Å²) in [7, 11) is 0. The van der Waals surface area contributed by atoms with Crippen LogP contribution in [0.1, 0.15) is 53.4 Å². The van der Waals surface area contributed by atoms with E-state index in [2.05, 4.69) is 33.0 Å². The lowest BCUT2D eigenvalue weighted by molar-refractivity contribution is 0.207. The summed E-state index contributed by atoms with van der Waals surface area (Å²) in [6.45, 7) is 8.99. The summed E-state index contributed by atoms with van der Waals surface area (Å²) in [6.07, 6.45) is 4.87. The molecule has 0 rings (SSSR count). The van der Waals surface area contributed by atoms with Gasteiger partial charge in [0.25, 0.3) is 0 Å². The third-order valence-corrected chi connectivity index (χ3v) is 2.68. The van der Waals surface area contributed by atoms with E-state index >= 15 is 0 Å². The van der Waals surface area contributed by atoms with E-state index in [9.17, 15) is 5.11 Å². The molecule has 0 aromatic rings. The van der Waals surface area contributed by atoms with Gasteiger partial charge in [0.2, 0.25) is 0 Å². The van der Waals surface area contributed by atoms with Gasteiger partial charge in [-0.05, 0) is 12.3 Å². The number of nitrogens with one attached hydrogen (secondary N) is 1. The minimum absolute atomic E-state index is 0.262. The number of aliphatic hydroxyl groups is 1. The average molecular weight is 201 g/mol. The normalized spacial score (nSPS) is 15.9. The Morgan fingerprint density at radius 1 is 1.21 bits per heavy atom. The molecule has 2 unspecified atom stereocenters. The van der Waals surface area contributed by atoms with Crippen molar-refractivity contribution in [2.75, 3.05) is 6.61 Å². The zero-order valence-electron chi connectivity index (χ0n) is 10.2. The molecule has 2 heteroatoms. The Balaban J connectivity index is 3.87. The second-order valence-electron chi connectivity index (χ2n) is 4.50. The molecule has 0 aliphatic heterocycles. The van der Waals surface area contributed by atoms with E-state index in [1.54, 1.807) is 0 Å². The first kappa shape index (κ1) is 13.9. The van der Waals surface area contributed by atoms with Crippen molar-refractivity contribution in [3.8, 4) is 0 Å². The molecule has 0 aliphatic rings. The molecule has 0 saturated carbocycles. The van der Waals surface area contributed by atoms with E-state index in [-0.39, 0.29) is 12.6 Å². The average Bonchev–Trinajstić information content (AvgIpc) is 2.15. The van der Waals surface area contributed by atoms with Crippen LogP contribution in [0, 0.1) is 5.92 Å². The van der Waals surface area contributed by atoms with Crippen LogP contribution in [0.3, 0.4) is 0 Å². The largest absolute Gasteiger partial charge is 0.395 e. The van der Waals surface area contributed by atoms with E-state index in [1.165, 1.54) is 19.3 Å². The lowest BCUT2D eigenvalue weighted by atomic mass is 9.93. The molecule has 0 amide bonds. The van der Waals surface area contributed by atoms with Crippen molar-refractivity contribution in [1.82, 2.24) is 5.32 Å². The van der Waals surface area contributed by atoms with Crippen LogP contribution in [-0.4, -0.2) is 23.8 Å². The fourth-order valence-electron chi connectivity index (χ4n) is 1.97. The van der Waals surface area contributed by atoms with Crippen LogP contribution in [0.4, 0.5) is 0 Å². The van der Waals surface area contributed by atoms with Crippen molar-refractivity contribution >= 4 is 0 Å². The predicted octanol–water partition coefficient (Wildman–Crippen LogP) is 2.56. The number of hydrogen-bond donors (Lipinski definition) is 2. The molecule has 0 aromatic carbocycles. The molecular weight excluding hydrogens is 174 g/mol. The van der Waals surface area contributed by atoms with Crippen LogP contribution < -0.4 is 5.32 Å². The summed E-state index contributed by atoms with van der Waals surface area (Å²) >= 11 is 0. The fraction of sp³-hybridized carbons (Fsp3) is 1.00. The monoisotopic (exact) mass is 201 g/mol. The Bertz CT molecular complexity index is 125. The number of hydrogen-bond acceptors (Lipinski definition) is 2. The molecule has 0 heterocycles. The second-order valence-corrected chi connectivity index (χ2v) is 4.50. The summed E-state index contributed by atoms with van der Waals surface area (Å²) < 4.78 is 0. The molecule has 14 heavy (non-hydrogen) atoms. The quantitative estimate of drug-likeness (QED) is 0.632. The summed E-state index contributed by atoms with van der Waals surface area (Å²) in [4.78, 5) is 0. The van der Waals surface area contributed by atoms with Crippen LogP contribution in [-0.2, 0) is 0 Å². The lowest BCUT2D eigenvalue weighted by Gasteiger charge is -2.23. The maximum atomic E-state index is 9.23. The van der Waals surface area contributed by atoms with Gasteiger partial charge in [0.1, 0.15) is 0 Å². The van der Waals surface area contributed by atoms with Gasteiger partial charge < -0.3 is 10.4 Å². The minimum Gasteiger partial charge on any atom is -0.395 e. The van der Waals surface area contributed by atoms with Crippen LogP contribution in [0.5, 0.6) is 0 Å². The van der Waals surface area contributed by atoms with E-state index in [0.29, 0.717) is 6.04 Å². The SMILES string of the molecule is CCCC(CC)CC(CO)NC(C)C. The maximum absolute atomic E-state index is 9.23. The Labute approximate surface area is 89.1 Å². The zero-order chi connectivity index (χ0) is 11.0. The molecule has 0 aliphatic carbocycles. The Kier molecular flexibility index (Phi) is 8.20. The molecule has 0 radical (unpaired) electrons. The van der Waals surface area contributed by atoms with Gasteiger partial charge in [-0.3, -0.25) is 0 Å². The highest BCUT2D eigenvalue weighted by atomic mass is 16.3. The molecular formula is C12H27NO. The van der Waals surface area contributed by atoms with Crippen LogP contribution in [0.2, 0.25) is 0 Å². The van der Waals surface area contributed by atoms with Gasteiger partial charge in [-0.25, -0.2) is 0 Å². The highest BCUT2D eigenvalue weighted by Gasteiger charge is 2.14. The Morgan fingerprint density at radius 3 is 2.21 bits per heavy atom. The third kappa shape index (κ3) is 6.39. The summed E-state index contributed by atoms with van der Waals surface area (Å²) in [5.41, 5.74) is 0. The highest BCUT2D eigenvalue weighted by molar-refractivity contribution is 4.72. The predicted molar refractivity (Wildman–Crippen MR) is 62.5 cm³/mol. The standard InChI is InChI=1S/C12H27NO/c1-5-7-11(6-2)8-12(9-14)13-10(3)4/h10-14H,5-9H2,1-4H3. The van der Waals surface area contributed by atoms with Gasteiger partial charge in [0.05, 0.1) is 6.61 Å². The number of rotatable bonds is 8. The third-order valence-electron chi connectivity index (χ3n) is 2.68. The van der Waals surface area contributed by atoms with E-state index in [0.717, 1.165) is 12.3 Å². The molecule has 86 valence electrons. The molecule has 2 N–H and O–H groups in total. The van der Waals surface area contributed by atoms with E-state index in [4.69, 9.17) is 0 Å². The van der Waals surface area contributed by atoms with Crippen molar-refractivity contribution in [1.29, 1.82) is 0 Å². The van der Waals surface area contributed by atoms with Gasteiger partial charge in [-0.1, -0.05) is 47.0 Å². The van der Waals surface area contributed by atoms with Gasteiger partial charge in [0, 0.05) is 12.1 Å². The summed E-state index contributed by atoms with van der Waals surface area (Å²) in [6, 6.07) is 0.748. The molecule has 2 nitrogen and oxygen atoms in total. The fourth-order valence-corrected chi connectivity index (χ4v) is 1.97. The van der Waals surface area contributed by atoms with E-state index < -0.39 is 0 Å². The summed E-state index contributed by atoms with van der Waals surface area (Å²) in [5, 5.41) is 12.6. The Morgan fingerprint density at radius 2 is 1.86 bits per heavy atom.